The molecule has 0 atom stereocenters. The van der Waals surface area contributed by atoms with Gasteiger partial charge in [0, 0.05) is 17.8 Å². The summed E-state index contributed by atoms with van der Waals surface area (Å²) in [6.07, 6.45) is 1.61. The Morgan fingerprint density at radius 2 is 1.86 bits per heavy atom. The second-order valence-corrected chi connectivity index (χ2v) is 9.50. The minimum Gasteiger partial charge on any atom is -0.481 e. The molecule has 10 heteroatoms. The maximum absolute atomic E-state index is 13.4. The number of aromatic nitrogens is 5. The Hall–Kier alpha value is -3.63. The number of nitrogens with zero attached hydrogens (tertiary/aromatic N) is 5. The molecule has 0 spiro atoms. The number of halogens is 1. The Kier molecular flexibility index (Phi) is 7.18. The van der Waals surface area contributed by atoms with E-state index in [1.165, 1.54) is 4.57 Å². The van der Waals surface area contributed by atoms with Gasteiger partial charge in [-0.05, 0) is 67.4 Å². The standard InChI is InChI=1S/C26H26BrN5O4/c1-15-9-10-17(19-11-12-28-25(31-19)26(3,4)34)13-20(15)32-16(2)29-23(22(27)24(32)33)36-14-18-7-6-8-21(30-18)35-5/h6-13,34H,14H2,1-5H3. The van der Waals surface area contributed by atoms with Crippen molar-refractivity contribution < 1.29 is 14.6 Å². The lowest BCUT2D eigenvalue weighted by Crippen LogP contribution is -2.24. The number of hydrogen-bond donors (Lipinski definition) is 1. The van der Waals surface area contributed by atoms with Gasteiger partial charge in [0.1, 0.15) is 22.5 Å². The molecule has 36 heavy (non-hydrogen) atoms. The van der Waals surface area contributed by atoms with Gasteiger partial charge in [0.25, 0.3) is 5.56 Å². The Labute approximate surface area is 217 Å². The van der Waals surface area contributed by atoms with E-state index in [0.717, 1.165) is 11.1 Å². The number of aliphatic hydroxyl groups is 1. The average Bonchev–Trinajstić information content (AvgIpc) is 2.86. The van der Waals surface area contributed by atoms with Gasteiger partial charge in [-0.1, -0.05) is 18.2 Å². The van der Waals surface area contributed by atoms with Crippen LogP contribution in [0.3, 0.4) is 0 Å². The van der Waals surface area contributed by atoms with Crippen LogP contribution in [-0.4, -0.2) is 36.7 Å². The highest BCUT2D eigenvalue weighted by Gasteiger charge is 2.21. The fourth-order valence-electron chi connectivity index (χ4n) is 3.58. The zero-order chi connectivity index (χ0) is 26.0. The Bertz CT molecular complexity index is 1480. The third kappa shape index (κ3) is 5.29. The summed E-state index contributed by atoms with van der Waals surface area (Å²) >= 11 is 3.37. The lowest BCUT2D eigenvalue weighted by molar-refractivity contribution is 0.0688. The summed E-state index contributed by atoms with van der Waals surface area (Å²) in [4.78, 5) is 30.9. The smallest absolute Gasteiger partial charge is 0.276 e. The van der Waals surface area contributed by atoms with E-state index in [4.69, 9.17) is 9.47 Å². The maximum Gasteiger partial charge on any atom is 0.276 e. The number of aryl methyl sites for hydroxylation is 2. The molecule has 4 rings (SSSR count). The van der Waals surface area contributed by atoms with E-state index in [1.807, 2.05) is 31.2 Å². The van der Waals surface area contributed by atoms with E-state index in [1.54, 1.807) is 52.3 Å². The molecule has 1 N–H and O–H groups in total. The first-order chi connectivity index (χ1) is 17.1. The summed E-state index contributed by atoms with van der Waals surface area (Å²) in [5.74, 6) is 1.42. The van der Waals surface area contributed by atoms with Crippen molar-refractivity contribution in [2.75, 3.05) is 7.11 Å². The van der Waals surface area contributed by atoms with E-state index < -0.39 is 5.60 Å². The Morgan fingerprint density at radius 1 is 1.08 bits per heavy atom. The lowest BCUT2D eigenvalue weighted by atomic mass is 10.1. The summed E-state index contributed by atoms with van der Waals surface area (Å²) in [5.41, 5.74) is 2.10. The molecule has 0 saturated heterocycles. The molecule has 0 aliphatic carbocycles. The largest absolute Gasteiger partial charge is 0.481 e. The van der Waals surface area contributed by atoms with Gasteiger partial charge in [-0.25, -0.2) is 15.0 Å². The van der Waals surface area contributed by atoms with Crippen molar-refractivity contribution in [2.24, 2.45) is 0 Å². The average molecular weight is 552 g/mol. The van der Waals surface area contributed by atoms with Crippen molar-refractivity contribution in [1.29, 1.82) is 0 Å². The molecule has 0 fully saturated rings. The number of benzene rings is 1. The number of methoxy groups -OCH3 is 1. The number of hydrogen-bond acceptors (Lipinski definition) is 8. The van der Waals surface area contributed by atoms with Crippen molar-refractivity contribution in [2.45, 2.75) is 39.9 Å². The SMILES string of the molecule is COc1cccc(COc2nc(C)n(-c3cc(-c4ccnc(C(C)(C)O)n4)ccc3C)c(=O)c2Br)n1. The number of ether oxygens (including phenoxy) is 2. The van der Waals surface area contributed by atoms with E-state index in [0.29, 0.717) is 34.6 Å². The molecule has 186 valence electrons. The fraction of sp³-hybridized carbons (Fsp3) is 0.269. The van der Waals surface area contributed by atoms with Crippen LogP contribution < -0.4 is 15.0 Å². The first-order valence-corrected chi connectivity index (χ1v) is 12.0. The fourth-order valence-corrected chi connectivity index (χ4v) is 3.96. The number of pyridine rings is 1. The van der Waals surface area contributed by atoms with Gasteiger partial charge >= 0.3 is 0 Å². The normalized spacial score (nSPS) is 11.4. The van der Waals surface area contributed by atoms with Crippen LogP contribution in [0.4, 0.5) is 0 Å². The maximum atomic E-state index is 13.4. The molecule has 0 radical (unpaired) electrons. The molecule has 0 saturated carbocycles. The predicted molar refractivity (Wildman–Crippen MR) is 138 cm³/mol. The van der Waals surface area contributed by atoms with E-state index >= 15 is 0 Å². The first kappa shape index (κ1) is 25.5. The number of rotatable bonds is 7. The molecule has 0 aliphatic heterocycles. The van der Waals surface area contributed by atoms with Gasteiger partial charge in [-0.3, -0.25) is 9.36 Å². The molecule has 4 aromatic rings. The van der Waals surface area contributed by atoms with Crippen molar-refractivity contribution in [3.63, 3.8) is 0 Å². The summed E-state index contributed by atoms with van der Waals surface area (Å²) in [6, 6.07) is 12.8. The highest BCUT2D eigenvalue weighted by molar-refractivity contribution is 9.10. The van der Waals surface area contributed by atoms with Crippen molar-refractivity contribution in [3.8, 4) is 28.7 Å². The van der Waals surface area contributed by atoms with Gasteiger partial charge in [-0.15, -0.1) is 0 Å². The van der Waals surface area contributed by atoms with Crippen LogP contribution in [0.5, 0.6) is 11.8 Å². The molecule has 0 bridgehead atoms. The summed E-state index contributed by atoms with van der Waals surface area (Å²) in [6.45, 7) is 7.05. The van der Waals surface area contributed by atoms with Crippen LogP contribution in [-0.2, 0) is 12.2 Å². The monoisotopic (exact) mass is 551 g/mol. The third-order valence-corrected chi connectivity index (χ3v) is 6.14. The van der Waals surface area contributed by atoms with E-state index in [2.05, 4.69) is 35.9 Å². The highest BCUT2D eigenvalue weighted by atomic mass is 79.9. The molecule has 1 aromatic carbocycles. The minimum atomic E-state index is -1.18. The summed E-state index contributed by atoms with van der Waals surface area (Å²) < 4.78 is 12.7. The predicted octanol–water partition coefficient (Wildman–Crippen LogP) is 4.28. The zero-order valence-corrected chi connectivity index (χ0v) is 22.2. The van der Waals surface area contributed by atoms with Gasteiger partial charge < -0.3 is 14.6 Å². The van der Waals surface area contributed by atoms with Gasteiger partial charge in [-0.2, -0.15) is 4.98 Å². The van der Waals surface area contributed by atoms with Crippen molar-refractivity contribution in [1.82, 2.24) is 24.5 Å². The second kappa shape index (κ2) is 10.2. The molecule has 0 unspecified atom stereocenters. The molecule has 0 aliphatic rings. The topological polar surface area (TPSA) is 112 Å². The van der Waals surface area contributed by atoms with Gasteiger partial charge in [0.2, 0.25) is 11.8 Å². The van der Waals surface area contributed by atoms with Crippen LogP contribution in [0.25, 0.3) is 16.9 Å². The molecule has 3 aromatic heterocycles. The quantitative estimate of drug-likeness (QED) is 0.362. The van der Waals surface area contributed by atoms with Crippen molar-refractivity contribution >= 4 is 15.9 Å². The molecule has 9 nitrogen and oxygen atoms in total. The van der Waals surface area contributed by atoms with Crippen LogP contribution in [0.15, 0.2) is 57.9 Å². The van der Waals surface area contributed by atoms with Crippen LogP contribution in [0.1, 0.15) is 36.8 Å². The van der Waals surface area contributed by atoms with Crippen LogP contribution in [0, 0.1) is 13.8 Å². The van der Waals surface area contributed by atoms with Crippen LogP contribution in [0.2, 0.25) is 0 Å². The van der Waals surface area contributed by atoms with E-state index in [-0.39, 0.29) is 22.5 Å². The second-order valence-electron chi connectivity index (χ2n) is 8.70. The minimum absolute atomic E-state index is 0.122. The van der Waals surface area contributed by atoms with Crippen LogP contribution >= 0.6 is 15.9 Å². The molecular formula is C26H26BrN5O4. The third-order valence-electron chi connectivity index (χ3n) is 5.46. The van der Waals surface area contributed by atoms with Gasteiger partial charge in [0.05, 0.1) is 24.2 Å². The zero-order valence-electron chi connectivity index (χ0n) is 20.6. The molecular weight excluding hydrogens is 526 g/mol. The lowest BCUT2D eigenvalue weighted by Gasteiger charge is -2.17. The highest BCUT2D eigenvalue weighted by Crippen LogP contribution is 2.27. The Balaban J connectivity index is 1.71. The molecule has 3 heterocycles. The van der Waals surface area contributed by atoms with E-state index in [9.17, 15) is 9.90 Å². The Morgan fingerprint density at radius 3 is 2.58 bits per heavy atom. The first-order valence-electron chi connectivity index (χ1n) is 11.2. The van der Waals surface area contributed by atoms with Crippen molar-refractivity contribution in [3.05, 3.63) is 86.4 Å². The summed E-state index contributed by atoms with van der Waals surface area (Å²) in [7, 11) is 1.54. The molecule has 0 amide bonds. The van der Waals surface area contributed by atoms with Gasteiger partial charge in [0.15, 0.2) is 5.82 Å². The summed E-state index contributed by atoms with van der Waals surface area (Å²) in [5, 5.41) is 10.3.